The molecule has 0 saturated carbocycles. The summed E-state index contributed by atoms with van der Waals surface area (Å²) in [4.78, 5) is 29.3. The molecule has 0 aliphatic carbocycles. The first-order chi connectivity index (χ1) is 10.1. The Kier molecular flexibility index (Phi) is 3.34. The molecule has 108 valence electrons. The van der Waals surface area contributed by atoms with Gasteiger partial charge in [0.25, 0.3) is 0 Å². The van der Waals surface area contributed by atoms with Crippen molar-refractivity contribution in [2.45, 2.75) is 18.9 Å². The van der Waals surface area contributed by atoms with Crippen LogP contribution in [0.25, 0.3) is 0 Å². The molecule has 7 heteroatoms. The maximum absolute atomic E-state index is 12.5. The molecule has 6 nitrogen and oxygen atoms in total. The van der Waals surface area contributed by atoms with Gasteiger partial charge in [-0.05, 0) is 11.6 Å². The Hall–Kier alpha value is -2.41. The van der Waals surface area contributed by atoms with Crippen LogP contribution in [0.5, 0.6) is 0 Å². The number of aromatic nitrogens is 1. The highest BCUT2D eigenvalue weighted by Crippen LogP contribution is 2.32. The summed E-state index contributed by atoms with van der Waals surface area (Å²) >= 11 is 1.26. The third-order valence-electron chi connectivity index (χ3n) is 3.43. The number of carboxylic acid groups (broad SMARTS) is 1. The van der Waals surface area contributed by atoms with Gasteiger partial charge in [-0.15, -0.1) is 11.3 Å². The average Bonchev–Trinajstić information content (AvgIpc) is 3.02. The third-order valence-corrected chi connectivity index (χ3v) is 4.15. The number of nitrogens with zero attached hydrogens (tertiary/aromatic N) is 2. The Bertz CT molecular complexity index is 713. The molecule has 0 bridgehead atoms. The molecule has 1 aliphatic rings. The normalized spacial score (nSPS) is 16.8. The molecule has 1 aromatic carbocycles. The number of para-hydroxylation sites is 1. The van der Waals surface area contributed by atoms with Crippen molar-refractivity contribution in [2.24, 2.45) is 0 Å². The molecule has 0 fully saturated rings. The van der Waals surface area contributed by atoms with E-state index in [1.165, 1.54) is 16.2 Å². The number of carboxylic acids is 1. The van der Waals surface area contributed by atoms with E-state index >= 15 is 0 Å². The maximum Gasteiger partial charge on any atom is 0.327 e. The first-order valence-corrected chi connectivity index (χ1v) is 7.27. The van der Waals surface area contributed by atoms with Crippen molar-refractivity contribution in [1.82, 2.24) is 4.98 Å². The summed E-state index contributed by atoms with van der Waals surface area (Å²) in [6, 6.07) is 6.40. The van der Waals surface area contributed by atoms with Crippen LogP contribution >= 0.6 is 11.3 Å². The zero-order valence-corrected chi connectivity index (χ0v) is 11.8. The Morgan fingerprint density at radius 3 is 2.86 bits per heavy atom. The number of aliphatic carboxylic acids is 1. The van der Waals surface area contributed by atoms with Crippen LogP contribution in [0.4, 0.5) is 10.8 Å². The summed E-state index contributed by atoms with van der Waals surface area (Å²) in [6.07, 6.45) is 0.377. The average molecular weight is 303 g/mol. The Labute approximate surface area is 124 Å². The molecule has 0 spiro atoms. The minimum absolute atomic E-state index is 0.0474. The molecule has 1 aromatic heterocycles. The quantitative estimate of drug-likeness (QED) is 0.891. The van der Waals surface area contributed by atoms with Gasteiger partial charge in [-0.2, -0.15) is 0 Å². The number of amides is 1. The lowest BCUT2D eigenvalue weighted by atomic mass is 10.1. The summed E-state index contributed by atoms with van der Waals surface area (Å²) in [5.41, 5.74) is 7.65. The number of nitrogen functional groups attached to an aromatic ring is 1. The SMILES string of the molecule is Nc1nc(CC(=O)N2c3ccccc3CC2C(=O)O)cs1. The van der Waals surface area contributed by atoms with E-state index in [0.29, 0.717) is 22.9 Å². The molecule has 2 aromatic rings. The van der Waals surface area contributed by atoms with Crippen molar-refractivity contribution < 1.29 is 14.7 Å². The number of hydrogen-bond donors (Lipinski definition) is 2. The number of fused-ring (bicyclic) bond motifs is 1. The van der Waals surface area contributed by atoms with E-state index < -0.39 is 12.0 Å². The lowest BCUT2D eigenvalue weighted by Crippen LogP contribution is -2.43. The van der Waals surface area contributed by atoms with Crippen molar-refractivity contribution in [3.05, 3.63) is 40.9 Å². The fourth-order valence-corrected chi connectivity index (χ4v) is 3.10. The zero-order valence-electron chi connectivity index (χ0n) is 11.0. The van der Waals surface area contributed by atoms with Gasteiger partial charge in [0.2, 0.25) is 5.91 Å². The molecule has 1 unspecified atom stereocenters. The van der Waals surface area contributed by atoms with E-state index in [4.69, 9.17) is 5.73 Å². The predicted octanol–water partition coefficient (Wildman–Crippen LogP) is 1.31. The van der Waals surface area contributed by atoms with E-state index in [0.717, 1.165) is 5.56 Å². The van der Waals surface area contributed by atoms with Crippen molar-refractivity contribution in [1.29, 1.82) is 0 Å². The highest BCUT2D eigenvalue weighted by molar-refractivity contribution is 7.13. The van der Waals surface area contributed by atoms with Gasteiger partial charge in [-0.1, -0.05) is 18.2 Å². The second-order valence-corrected chi connectivity index (χ2v) is 5.69. The molecule has 1 amide bonds. The van der Waals surface area contributed by atoms with Gasteiger partial charge < -0.3 is 10.8 Å². The number of carbonyl (C=O) groups excluding carboxylic acids is 1. The predicted molar refractivity (Wildman–Crippen MR) is 79.3 cm³/mol. The highest BCUT2D eigenvalue weighted by atomic mass is 32.1. The van der Waals surface area contributed by atoms with Crippen LogP contribution in [0.15, 0.2) is 29.6 Å². The second kappa shape index (κ2) is 5.17. The van der Waals surface area contributed by atoms with Crippen LogP contribution in [0.3, 0.4) is 0 Å². The van der Waals surface area contributed by atoms with Gasteiger partial charge in [-0.3, -0.25) is 9.69 Å². The lowest BCUT2D eigenvalue weighted by Gasteiger charge is -2.22. The zero-order chi connectivity index (χ0) is 15.0. The first kappa shape index (κ1) is 13.6. The Balaban J connectivity index is 1.90. The minimum Gasteiger partial charge on any atom is -0.480 e. The number of rotatable bonds is 3. The van der Waals surface area contributed by atoms with Crippen LogP contribution in [0, 0.1) is 0 Å². The van der Waals surface area contributed by atoms with E-state index in [1.54, 1.807) is 17.5 Å². The molecule has 2 heterocycles. The standard InChI is InChI=1S/C14H13N3O3S/c15-14-16-9(7-21-14)6-12(18)17-10-4-2-1-3-8(10)5-11(17)13(19)20/h1-4,7,11H,5-6H2,(H2,15,16)(H,19,20). The lowest BCUT2D eigenvalue weighted by molar-refractivity contribution is -0.139. The number of carbonyl (C=O) groups is 2. The summed E-state index contributed by atoms with van der Waals surface area (Å²) < 4.78 is 0. The van der Waals surface area contributed by atoms with Gasteiger partial charge in [-0.25, -0.2) is 9.78 Å². The topological polar surface area (TPSA) is 96.5 Å². The third kappa shape index (κ3) is 2.47. The Morgan fingerprint density at radius 2 is 2.19 bits per heavy atom. The van der Waals surface area contributed by atoms with Crippen LogP contribution in [0.2, 0.25) is 0 Å². The first-order valence-electron chi connectivity index (χ1n) is 6.39. The molecular weight excluding hydrogens is 290 g/mol. The summed E-state index contributed by atoms with van der Waals surface area (Å²) in [5.74, 6) is -1.28. The van der Waals surface area contributed by atoms with Gasteiger partial charge in [0.05, 0.1) is 12.1 Å². The molecule has 21 heavy (non-hydrogen) atoms. The fraction of sp³-hybridized carbons (Fsp3) is 0.214. The smallest absolute Gasteiger partial charge is 0.327 e. The number of hydrogen-bond acceptors (Lipinski definition) is 5. The van der Waals surface area contributed by atoms with Crippen LogP contribution in [-0.2, 0) is 22.4 Å². The summed E-state index contributed by atoms with van der Waals surface area (Å²) in [5, 5.41) is 11.5. The number of thiazole rings is 1. The molecule has 0 saturated heterocycles. The monoisotopic (exact) mass is 303 g/mol. The van der Waals surface area contributed by atoms with Gasteiger partial charge in [0.1, 0.15) is 6.04 Å². The fourth-order valence-electron chi connectivity index (χ4n) is 2.54. The van der Waals surface area contributed by atoms with Crippen LogP contribution in [0.1, 0.15) is 11.3 Å². The molecule has 3 N–H and O–H groups in total. The highest BCUT2D eigenvalue weighted by Gasteiger charge is 2.38. The number of anilines is 2. The van der Waals surface area contributed by atoms with Crippen molar-refractivity contribution in [3.63, 3.8) is 0 Å². The summed E-state index contributed by atoms with van der Waals surface area (Å²) in [6.45, 7) is 0. The Morgan fingerprint density at radius 1 is 1.43 bits per heavy atom. The van der Waals surface area contributed by atoms with Crippen molar-refractivity contribution >= 4 is 34.0 Å². The van der Waals surface area contributed by atoms with E-state index in [1.807, 2.05) is 12.1 Å². The van der Waals surface area contributed by atoms with Crippen LogP contribution in [-0.4, -0.2) is 28.0 Å². The number of nitrogens with two attached hydrogens (primary N) is 1. The number of benzene rings is 1. The van der Waals surface area contributed by atoms with Gasteiger partial charge >= 0.3 is 5.97 Å². The van der Waals surface area contributed by atoms with E-state index in [-0.39, 0.29) is 12.3 Å². The van der Waals surface area contributed by atoms with Crippen molar-refractivity contribution in [3.8, 4) is 0 Å². The molecule has 0 radical (unpaired) electrons. The second-order valence-electron chi connectivity index (χ2n) is 4.80. The maximum atomic E-state index is 12.5. The molecule has 1 aliphatic heterocycles. The molecule has 3 rings (SSSR count). The minimum atomic E-state index is -1.00. The van der Waals surface area contributed by atoms with Crippen molar-refractivity contribution in [2.75, 3.05) is 10.6 Å². The van der Waals surface area contributed by atoms with Gasteiger partial charge in [0.15, 0.2) is 5.13 Å². The molecule has 1 atom stereocenters. The summed E-state index contributed by atoms with van der Waals surface area (Å²) in [7, 11) is 0. The van der Waals surface area contributed by atoms with Gasteiger partial charge in [0, 0.05) is 17.5 Å². The largest absolute Gasteiger partial charge is 0.480 e. The van der Waals surface area contributed by atoms with Crippen LogP contribution < -0.4 is 10.6 Å². The van der Waals surface area contributed by atoms with E-state index in [9.17, 15) is 14.7 Å². The molecular formula is C14H13N3O3S. The van der Waals surface area contributed by atoms with E-state index in [2.05, 4.69) is 4.98 Å².